The quantitative estimate of drug-likeness (QED) is 0.704. The third kappa shape index (κ3) is 3.55. The van der Waals surface area contributed by atoms with Crippen molar-refractivity contribution < 1.29 is 23.4 Å². The second-order valence-corrected chi connectivity index (χ2v) is 6.29. The summed E-state index contributed by atoms with van der Waals surface area (Å²) < 4.78 is 27.6. The van der Waals surface area contributed by atoms with Crippen LogP contribution in [0.5, 0.6) is 0 Å². The van der Waals surface area contributed by atoms with Gasteiger partial charge in [0.15, 0.2) is 0 Å². The SMILES string of the molecule is CC(CO)NS(=O)(=O)c1cc(C(=O)O)n(C(C)C)c1. The molecule has 0 spiro atoms. The van der Waals surface area contributed by atoms with E-state index in [-0.39, 0.29) is 23.2 Å². The number of nitrogens with zero attached hydrogens (tertiary/aromatic N) is 1. The zero-order valence-electron chi connectivity index (χ0n) is 11.0. The fourth-order valence-electron chi connectivity index (χ4n) is 1.57. The molecule has 8 heteroatoms. The highest BCUT2D eigenvalue weighted by atomic mass is 32.2. The molecule has 1 atom stereocenters. The third-order valence-electron chi connectivity index (χ3n) is 2.54. The first-order valence-electron chi connectivity index (χ1n) is 5.77. The van der Waals surface area contributed by atoms with Crippen LogP contribution in [0.2, 0.25) is 0 Å². The van der Waals surface area contributed by atoms with Crippen molar-refractivity contribution in [2.24, 2.45) is 0 Å². The standard InChI is InChI=1S/C11H18N2O5S/c1-7(2)13-5-9(4-10(13)11(15)16)19(17,18)12-8(3)6-14/h4-5,7-8,12,14H,6H2,1-3H3,(H,15,16). The van der Waals surface area contributed by atoms with E-state index >= 15 is 0 Å². The Morgan fingerprint density at radius 2 is 2.00 bits per heavy atom. The van der Waals surface area contributed by atoms with Gasteiger partial charge >= 0.3 is 5.97 Å². The Balaban J connectivity index is 3.22. The van der Waals surface area contributed by atoms with Crippen LogP contribution in [0.15, 0.2) is 17.2 Å². The van der Waals surface area contributed by atoms with Crippen LogP contribution in [0.1, 0.15) is 37.3 Å². The molecule has 0 aliphatic rings. The molecule has 0 saturated carbocycles. The molecule has 108 valence electrons. The number of nitrogens with one attached hydrogen (secondary N) is 1. The van der Waals surface area contributed by atoms with Gasteiger partial charge in [-0.15, -0.1) is 0 Å². The zero-order chi connectivity index (χ0) is 14.8. The Morgan fingerprint density at radius 1 is 1.42 bits per heavy atom. The van der Waals surface area contributed by atoms with Crippen LogP contribution < -0.4 is 4.72 Å². The Bertz CT molecular complexity index is 562. The van der Waals surface area contributed by atoms with E-state index in [1.54, 1.807) is 13.8 Å². The van der Waals surface area contributed by atoms with Gasteiger partial charge in [-0.2, -0.15) is 0 Å². The highest BCUT2D eigenvalue weighted by Crippen LogP contribution is 2.19. The molecule has 0 amide bonds. The van der Waals surface area contributed by atoms with Gasteiger partial charge in [-0.25, -0.2) is 17.9 Å². The summed E-state index contributed by atoms with van der Waals surface area (Å²) in [5, 5.41) is 17.9. The zero-order valence-corrected chi connectivity index (χ0v) is 11.8. The summed E-state index contributed by atoms with van der Waals surface area (Å²) in [6, 6.07) is 0.292. The van der Waals surface area contributed by atoms with E-state index in [1.807, 2.05) is 0 Å². The maximum atomic E-state index is 12.0. The first kappa shape index (κ1) is 15.7. The Hall–Kier alpha value is -1.38. The second kappa shape index (κ2) is 5.72. The number of rotatable bonds is 6. The first-order chi connectivity index (χ1) is 8.69. The van der Waals surface area contributed by atoms with Crippen molar-refractivity contribution in [2.75, 3.05) is 6.61 Å². The van der Waals surface area contributed by atoms with Crippen molar-refractivity contribution in [2.45, 2.75) is 37.8 Å². The minimum Gasteiger partial charge on any atom is -0.477 e. The minimum atomic E-state index is -3.83. The van der Waals surface area contributed by atoms with E-state index in [2.05, 4.69) is 4.72 Å². The predicted molar refractivity (Wildman–Crippen MR) is 68.6 cm³/mol. The van der Waals surface area contributed by atoms with Gasteiger partial charge < -0.3 is 14.8 Å². The summed E-state index contributed by atoms with van der Waals surface area (Å²) in [5.74, 6) is -1.19. The smallest absolute Gasteiger partial charge is 0.352 e. The van der Waals surface area contributed by atoms with E-state index < -0.39 is 22.0 Å². The molecular weight excluding hydrogens is 272 g/mol. The second-order valence-electron chi connectivity index (χ2n) is 4.57. The van der Waals surface area contributed by atoms with Gasteiger partial charge in [-0.1, -0.05) is 0 Å². The molecule has 19 heavy (non-hydrogen) atoms. The summed E-state index contributed by atoms with van der Waals surface area (Å²) in [5.41, 5.74) is -0.0907. The highest BCUT2D eigenvalue weighted by molar-refractivity contribution is 7.89. The van der Waals surface area contributed by atoms with Crippen LogP contribution in [0, 0.1) is 0 Å². The summed E-state index contributed by atoms with van der Waals surface area (Å²) in [4.78, 5) is 10.9. The van der Waals surface area contributed by atoms with Crippen LogP contribution in [0.25, 0.3) is 0 Å². The minimum absolute atomic E-state index is 0.0907. The molecule has 1 aromatic rings. The average Bonchev–Trinajstić information content (AvgIpc) is 2.73. The Labute approximate surface area is 111 Å². The van der Waals surface area contributed by atoms with Gasteiger partial charge in [0.2, 0.25) is 10.0 Å². The number of carboxylic acids is 1. The normalized spacial score (nSPS) is 13.7. The van der Waals surface area contributed by atoms with Gasteiger partial charge in [-0.3, -0.25) is 0 Å². The number of aromatic carboxylic acids is 1. The summed E-state index contributed by atoms with van der Waals surface area (Å²) in [6.45, 7) is 4.68. The molecule has 1 aromatic heterocycles. The first-order valence-corrected chi connectivity index (χ1v) is 7.25. The molecule has 1 heterocycles. The molecule has 0 radical (unpaired) electrons. The van der Waals surface area contributed by atoms with Crippen LogP contribution in [0.3, 0.4) is 0 Å². The Kier molecular flexibility index (Phi) is 4.72. The molecule has 0 bridgehead atoms. The lowest BCUT2D eigenvalue weighted by molar-refractivity contribution is 0.0683. The lowest BCUT2D eigenvalue weighted by atomic mass is 10.3. The van der Waals surface area contributed by atoms with Crippen molar-refractivity contribution in [3.05, 3.63) is 18.0 Å². The number of aliphatic hydroxyl groups is 1. The number of aromatic nitrogens is 1. The summed E-state index contributed by atoms with van der Waals surface area (Å²) in [6.07, 6.45) is 1.28. The number of hydrogen-bond acceptors (Lipinski definition) is 4. The molecule has 3 N–H and O–H groups in total. The monoisotopic (exact) mass is 290 g/mol. The van der Waals surface area contributed by atoms with Crippen LogP contribution in [-0.2, 0) is 10.0 Å². The van der Waals surface area contributed by atoms with E-state index in [1.165, 1.54) is 17.7 Å². The van der Waals surface area contributed by atoms with Crippen molar-refractivity contribution in [1.29, 1.82) is 0 Å². The molecule has 0 aliphatic heterocycles. The lowest BCUT2D eigenvalue weighted by Gasteiger charge is -2.11. The van der Waals surface area contributed by atoms with Gasteiger partial charge in [0.1, 0.15) is 10.6 Å². The maximum Gasteiger partial charge on any atom is 0.352 e. The van der Waals surface area contributed by atoms with E-state index in [4.69, 9.17) is 10.2 Å². The fraction of sp³-hybridized carbons (Fsp3) is 0.545. The number of carboxylic acid groups (broad SMARTS) is 1. The molecule has 0 fully saturated rings. The van der Waals surface area contributed by atoms with Gasteiger partial charge in [0.25, 0.3) is 0 Å². The largest absolute Gasteiger partial charge is 0.477 e. The van der Waals surface area contributed by atoms with Crippen LogP contribution in [-0.4, -0.2) is 41.8 Å². The van der Waals surface area contributed by atoms with Crippen molar-refractivity contribution in [1.82, 2.24) is 9.29 Å². The molecule has 1 rings (SSSR count). The van der Waals surface area contributed by atoms with Crippen molar-refractivity contribution >= 4 is 16.0 Å². The van der Waals surface area contributed by atoms with Crippen molar-refractivity contribution in [3.63, 3.8) is 0 Å². The van der Waals surface area contributed by atoms with Crippen LogP contribution in [0.4, 0.5) is 0 Å². The highest BCUT2D eigenvalue weighted by Gasteiger charge is 2.23. The van der Waals surface area contributed by atoms with E-state index in [0.717, 1.165) is 6.07 Å². The van der Waals surface area contributed by atoms with Crippen molar-refractivity contribution in [3.8, 4) is 0 Å². The predicted octanol–water partition coefficient (Wildman–Crippen LogP) is 0.426. The summed E-state index contributed by atoms with van der Waals surface area (Å²) >= 11 is 0. The van der Waals surface area contributed by atoms with Gasteiger partial charge in [0, 0.05) is 18.3 Å². The topological polar surface area (TPSA) is 109 Å². The molecule has 0 aliphatic carbocycles. The maximum absolute atomic E-state index is 12.0. The summed E-state index contributed by atoms with van der Waals surface area (Å²) in [7, 11) is -3.83. The Morgan fingerprint density at radius 3 is 2.37 bits per heavy atom. The van der Waals surface area contributed by atoms with E-state index in [9.17, 15) is 13.2 Å². The van der Waals surface area contributed by atoms with Crippen LogP contribution >= 0.6 is 0 Å². The fourth-order valence-corrected chi connectivity index (χ4v) is 2.83. The number of carbonyl (C=O) groups is 1. The number of hydrogen-bond donors (Lipinski definition) is 3. The molecule has 0 saturated heterocycles. The number of aliphatic hydroxyl groups excluding tert-OH is 1. The van der Waals surface area contributed by atoms with Gasteiger partial charge in [0.05, 0.1) is 6.61 Å². The lowest BCUT2D eigenvalue weighted by Crippen LogP contribution is -2.34. The molecule has 0 aromatic carbocycles. The molecule has 7 nitrogen and oxygen atoms in total. The average molecular weight is 290 g/mol. The third-order valence-corrected chi connectivity index (χ3v) is 4.10. The molecule has 1 unspecified atom stereocenters. The van der Waals surface area contributed by atoms with Gasteiger partial charge in [-0.05, 0) is 26.8 Å². The molecular formula is C11H18N2O5S. The number of sulfonamides is 1. The van der Waals surface area contributed by atoms with E-state index in [0.29, 0.717) is 0 Å².